The molecule has 0 radical (unpaired) electrons. The fourth-order valence-corrected chi connectivity index (χ4v) is 3.64. The smallest absolute Gasteiger partial charge is 0.309 e. The number of amides is 2. The molecule has 0 aliphatic carbocycles. The van der Waals surface area contributed by atoms with Gasteiger partial charge in [0.2, 0.25) is 0 Å². The number of thioether (sulfide) groups is 1. The SMILES string of the molecule is CC(C)(C)N1CSC(=Nc2ccccc2)N(c2ccccc2)C1=O. The van der Waals surface area contributed by atoms with E-state index in [9.17, 15) is 4.79 Å². The highest BCUT2D eigenvalue weighted by Gasteiger charge is 2.37. The van der Waals surface area contributed by atoms with E-state index in [-0.39, 0.29) is 11.6 Å². The molecule has 2 aromatic carbocycles. The fourth-order valence-electron chi connectivity index (χ4n) is 2.42. The molecule has 0 spiro atoms. The second-order valence-electron chi connectivity index (χ2n) is 6.56. The molecule has 1 aliphatic rings. The van der Waals surface area contributed by atoms with Gasteiger partial charge in [-0.15, -0.1) is 0 Å². The molecule has 0 N–H and O–H groups in total. The molecule has 3 rings (SSSR count). The lowest BCUT2D eigenvalue weighted by atomic mass is 10.1. The average Bonchev–Trinajstić information content (AvgIpc) is 2.55. The summed E-state index contributed by atoms with van der Waals surface area (Å²) in [6.45, 7) is 6.15. The summed E-state index contributed by atoms with van der Waals surface area (Å²) in [6, 6.07) is 19.4. The Balaban J connectivity index is 2.03. The first-order valence-corrected chi connectivity index (χ1v) is 8.89. The molecule has 1 heterocycles. The van der Waals surface area contributed by atoms with E-state index in [4.69, 9.17) is 4.99 Å². The Kier molecular flexibility index (Phi) is 4.62. The van der Waals surface area contributed by atoms with Crippen LogP contribution in [0.2, 0.25) is 0 Å². The van der Waals surface area contributed by atoms with E-state index in [0.29, 0.717) is 11.0 Å². The fraction of sp³-hybridized carbons (Fsp3) is 0.263. The molecule has 1 fully saturated rings. The monoisotopic (exact) mass is 339 g/mol. The van der Waals surface area contributed by atoms with Crippen molar-refractivity contribution in [1.82, 2.24) is 4.90 Å². The quantitative estimate of drug-likeness (QED) is 0.762. The number of amidine groups is 1. The lowest BCUT2D eigenvalue weighted by Crippen LogP contribution is -2.56. The first kappa shape index (κ1) is 16.6. The van der Waals surface area contributed by atoms with Crippen molar-refractivity contribution < 1.29 is 4.79 Å². The van der Waals surface area contributed by atoms with E-state index >= 15 is 0 Å². The van der Waals surface area contributed by atoms with Gasteiger partial charge in [0.15, 0.2) is 5.17 Å². The number of carbonyl (C=O) groups is 1. The summed E-state index contributed by atoms with van der Waals surface area (Å²) in [5, 5.41) is 0.706. The van der Waals surface area contributed by atoms with Crippen LogP contribution >= 0.6 is 11.8 Å². The predicted molar refractivity (Wildman–Crippen MR) is 102 cm³/mol. The van der Waals surface area contributed by atoms with E-state index < -0.39 is 0 Å². The van der Waals surface area contributed by atoms with Gasteiger partial charge in [0.1, 0.15) is 0 Å². The molecule has 1 aliphatic heterocycles. The number of anilines is 1. The summed E-state index contributed by atoms with van der Waals surface area (Å²) >= 11 is 1.58. The molecule has 124 valence electrons. The van der Waals surface area contributed by atoms with Crippen LogP contribution in [-0.2, 0) is 0 Å². The van der Waals surface area contributed by atoms with Gasteiger partial charge in [-0.25, -0.2) is 14.7 Å². The number of para-hydroxylation sites is 2. The third-order valence-corrected chi connectivity index (χ3v) is 4.66. The number of rotatable bonds is 2. The number of nitrogens with zero attached hydrogens (tertiary/aromatic N) is 3. The Morgan fingerprint density at radius 2 is 1.54 bits per heavy atom. The van der Waals surface area contributed by atoms with Crippen molar-refractivity contribution >= 4 is 34.3 Å². The molecular weight excluding hydrogens is 318 g/mol. The molecular formula is C19H21N3OS. The highest BCUT2D eigenvalue weighted by atomic mass is 32.2. The Hall–Kier alpha value is -2.27. The summed E-state index contributed by atoms with van der Waals surface area (Å²) in [7, 11) is 0. The minimum atomic E-state index is -0.241. The number of aliphatic imine (C=N–C) groups is 1. The minimum absolute atomic E-state index is 0.0397. The lowest BCUT2D eigenvalue weighted by Gasteiger charge is -2.42. The molecule has 0 atom stereocenters. The van der Waals surface area contributed by atoms with E-state index in [1.807, 2.05) is 86.3 Å². The number of urea groups is 1. The van der Waals surface area contributed by atoms with Gasteiger partial charge in [-0.3, -0.25) is 0 Å². The van der Waals surface area contributed by atoms with E-state index in [2.05, 4.69) is 0 Å². The Morgan fingerprint density at radius 1 is 0.958 bits per heavy atom. The van der Waals surface area contributed by atoms with Crippen molar-refractivity contribution in [2.45, 2.75) is 26.3 Å². The van der Waals surface area contributed by atoms with Crippen molar-refractivity contribution in [3.05, 3.63) is 60.7 Å². The standard InChI is InChI=1S/C19H21N3OS/c1-19(2,3)21-14-24-17(20-15-10-6-4-7-11-15)22(18(21)23)16-12-8-5-9-13-16/h4-13H,14H2,1-3H3. The predicted octanol–water partition coefficient (Wildman–Crippen LogP) is 5.11. The minimum Gasteiger partial charge on any atom is -0.309 e. The van der Waals surface area contributed by atoms with E-state index in [1.165, 1.54) is 0 Å². The Morgan fingerprint density at radius 3 is 2.12 bits per heavy atom. The van der Waals surface area contributed by atoms with Gasteiger partial charge in [-0.2, -0.15) is 0 Å². The molecule has 5 heteroatoms. The number of carbonyl (C=O) groups excluding carboxylic acids is 1. The molecule has 2 amide bonds. The van der Waals surface area contributed by atoms with Gasteiger partial charge in [0, 0.05) is 5.54 Å². The van der Waals surface area contributed by atoms with Gasteiger partial charge in [-0.05, 0) is 45.0 Å². The molecule has 0 aromatic heterocycles. The first-order chi connectivity index (χ1) is 11.5. The number of hydrogen-bond acceptors (Lipinski definition) is 3. The summed E-state index contributed by atoms with van der Waals surface area (Å²) < 4.78 is 0. The van der Waals surface area contributed by atoms with Gasteiger partial charge < -0.3 is 4.90 Å². The van der Waals surface area contributed by atoms with Crippen LogP contribution in [0.4, 0.5) is 16.2 Å². The first-order valence-electron chi connectivity index (χ1n) is 7.90. The third-order valence-electron chi connectivity index (χ3n) is 3.74. The molecule has 1 saturated heterocycles. The van der Waals surface area contributed by atoms with Crippen LogP contribution in [0.15, 0.2) is 65.7 Å². The van der Waals surface area contributed by atoms with Crippen molar-refractivity contribution in [2.75, 3.05) is 10.8 Å². The molecule has 0 saturated carbocycles. The van der Waals surface area contributed by atoms with Gasteiger partial charge in [-0.1, -0.05) is 48.2 Å². The Labute approximate surface area is 147 Å². The van der Waals surface area contributed by atoms with Crippen LogP contribution in [0.1, 0.15) is 20.8 Å². The number of hydrogen-bond donors (Lipinski definition) is 0. The van der Waals surface area contributed by atoms with E-state index in [0.717, 1.165) is 11.4 Å². The van der Waals surface area contributed by atoms with Crippen LogP contribution in [0.3, 0.4) is 0 Å². The van der Waals surface area contributed by atoms with Crippen molar-refractivity contribution in [3.8, 4) is 0 Å². The molecule has 24 heavy (non-hydrogen) atoms. The van der Waals surface area contributed by atoms with Crippen LogP contribution < -0.4 is 4.90 Å². The highest BCUT2D eigenvalue weighted by Crippen LogP contribution is 2.32. The van der Waals surface area contributed by atoms with Gasteiger partial charge in [0.25, 0.3) is 0 Å². The summed E-state index contributed by atoms with van der Waals surface area (Å²) in [4.78, 5) is 21.4. The molecule has 4 nitrogen and oxygen atoms in total. The summed E-state index contributed by atoms with van der Waals surface area (Å²) in [5.41, 5.74) is 1.44. The van der Waals surface area contributed by atoms with Crippen molar-refractivity contribution in [1.29, 1.82) is 0 Å². The summed E-state index contributed by atoms with van der Waals surface area (Å²) in [6.07, 6.45) is 0. The third kappa shape index (κ3) is 3.46. The highest BCUT2D eigenvalue weighted by molar-refractivity contribution is 8.14. The zero-order valence-corrected chi connectivity index (χ0v) is 15.0. The lowest BCUT2D eigenvalue weighted by molar-refractivity contribution is 0.169. The van der Waals surface area contributed by atoms with Crippen molar-refractivity contribution in [2.24, 2.45) is 4.99 Å². The zero-order chi connectivity index (χ0) is 17.2. The topological polar surface area (TPSA) is 35.9 Å². The second kappa shape index (κ2) is 6.69. The maximum Gasteiger partial charge on any atom is 0.331 e. The van der Waals surface area contributed by atoms with Crippen LogP contribution in [0, 0.1) is 0 Å². The summed E-state index contributed by atoms with van der Waals surface area (Å²) in [5.74, 6) is 0.595. The maximum absolute atomic E-state index is 13.1. The van der Waals surface area contributed by atoms with Gasteiger partial charge in [0.05, 0.1) is 17.3 Å². The molecule has 2 aromatic rings. The zero-order valence-electron chi connectivity index (χ0n) is 14.1. The Bertz CT molecular complexity index is 738. The van der Waals surface area contributed by atoms with Crippen LogP contribution in [0.5, 0.6) is 0 Å². The largest absolute Gasteiger partial charge is 0.331 e. The molecule has 0 unspecified atom stereocenters. The normalized spacial score (nSPS) is 17.5. The van der Waals surface area contributed by atoms with Crippen molar-refractivity contribution in [3.63, 3.8) is 0 Å². The van der Waals surface area contributed by atoms with Crippen LogP contribution in [-0.4, -0.2) is 27.5 Å². The second-order valence-corrected chi connectivity index (χ2v) is 7.47. The van der Waals surface area contributed by atoms with Gasteiger partial charge >= 0.3 is 6.03 Å². The maximum atomic E-state index is 13.1. The average molecular weight is 339 g/mol. The molecule has 0 bridgehead atoms. The van der Waals surface area contributed by atoms with Crippen LogP contribution in [0.25, 0.3) is 0 Å². The van der Waals surface area contributed by atoms with E-state index in [1.54, 1.807) is 16.7 Å². The number of benzene rings is 2.